The summed E-state index contributed by atoms with van der Waals surface area (Å²) < 4.78 is 5.40. The largest absolute Gasteiger partial charge is 0.507 e. The Morgan fingerprint density at radius 1 is 1.14 bits per heavy atom. The monoisotopic (exact) mass is 286 g/mol. The van der Waals surface area contributed by atoms with E-state index in [1.165, 1.54) is 12.1 Å². The molecule has 2 N–H and O–H groups in total. The van der Waals surface area contributed by atoms with Crippen molar-refractivity contribution < 1.29 is 19.7 Å². The van der Waals surface area contributed by atoms with Gasteiger partial charge in [0.15, 0.2) is 0 Å². The predicted molar refractivity (Wildman–Crippen MR) is 80.2 cm³/mol. The van der Waals surface area contributed by atoms with Gasteiger partial charge in [-0.15, -0.1) is 0 Å². The molecule has 0 aliphatic carbocycles. The molecule has 0 bridgehead atoms. The Bertz CT molecular complexity index is 632. The summed E-state index contributed by atoms with van der Waals surface area (Å²) in [7, 11) is 0. The van der Waals surface area contributed by atoms with Crippen LogP contribution in [0.25, 0.3) is 0 Å². The molecule has 2 aromatic rings. The maximum absolute atomic E-state index is 11.1. The first-order chi connectivity index (χ1) is 10.0. The van der Waals surface area contributed by atoms with Crippen molar-refractivity contribution in [2.75, 3.05) is 6.61 Å². The van der Waals surface area contributed by atoms with Crippen molar-refractivity contribution >= 4 is 5.97 Å². The number of aromatic hydroxyl groups is 1. The molecule has 21 heavy (non-hydrogen) atoms. The summed E-state index contributed by atoms with van der Waals surface area (Å²) in [5.41, 5.74) is 1.82. The molecule has 0 amide bonds. The summed E-state index contributed by atoms with van der Waals surface area (Å²) in [6.07, 6.45) is 0. The van der Waals surface area contributed by atoms with E-state index in [1.807, 2.05) is 38.1 Å². The fraction of sp³-hybridized carbons (Fsp3) is 0.235. The van der Waals surface area contributed by atoms with Crippen LogP contribution in [0.1, 0.15) is 41.3 Å². The van der Waals surface area contributed by atoms with Crippen molar-refractivity contribution in [2.24, 2.45) is 0 Å². The Labute approximate surface area is 123 Å². The van der Waals surface area contributed by atoms with Gasteiger partial charge in [0.1, 0.15) is 17.1 Å². The van der Waals surface area contributed by atoms with E-state index in [9.17, 15) is 9.90 Å². The smallest absolute Gasteiger partial charge is 0.339 e. The van der Waals surface area contributed by atoms with Crippen LogP contribution >= 0.6 is 0 Å². The summed E-state index contributed by atoms with van der Waals surface area (Å²) in [6.45, 7) is 4.54. The first-order valence-electron chi connectivity index (χ1n) is 6.82. The third kappa shape index (κ3) is 3.34. The fourth-order valence-electron chi connectivity index (χ4n) is 2.21. The van der Waals surface area contributed by atoms with E-state index >= 15 is 0 Å². The minimum atomic E-state index is -1.13. The van der Waals surface area contributed by atoms with Gasteiger partial charge in [-0.3, -0.25) is 0 Å². The topological polar surface area (TPSA) is 66.8 Å². The summed E-state index contributed by atoms with van der Waals surface area (Å²) in [5, 5.41) is 18.6. The molecular formula is C17H18O4. The van der Waals surface area contributed by atoms with E-state index in [1.54, 1.807) is 6.07 Å². The maximum Gasteiger partial charge on any atom is 0.339 e. The summed E-state index contributed by atoms with van der Waals surface area (Å²) in [4.78, 5) is 11.1. The number of aromatic carboxylic acids is 1. The van der Waals surface area contributed by atoms with Gasteiger partial charge >= 0.3 is 5.97 Å². The van der Waals surface area contributed by atoms with Crippen LogP contribution in [0.4, 0.5) is 0 Å². The zero-order chi connectivity index (χ0) is 15.4. The van der Waals surface area contributed by atoms with Crippen molar-refractivity contribution in [3.05, 3.63) is 59.2 Å². The molecule has 0 radical (unpaired) electrons. The molecule has 0 saturated heterocycles. The predicted octanol–water partition coefficient (Wildman–Crippen LogP) is 3.64. The number of hydrogen-bond acceptors (Lipinski definition) is 3. The third-order valence-corrected chi connectivity index (χ3v) is 3.44. The second-order valence-corrected chi connectivity index (χ2v) is 4.81. The molecule has 0 heterocycles. The highest BCUT2D eigenvalue weighted by atomic mass is 16.5. The van der Waals surface area contributed by atoms with Crippen molar-refractivity contribution in [3.63, 3.8) is 0 Å². The molecule has 0 saturated carbocycles. The van der Waals surface area contributed by atoms with Crippen LogP contribution in [0, 0.1) is 0 Å². The average molecular weight is 286 g/mol. The second kappa shape index (κ2) is 6.31. The highest BCUT2D eigenvalue weighted by Gasteiger charge is 2.14. The standard InChI is InChI=1S/C17H18O4/c1-3-21-14-7-4-12(5-8-14)11(2)13-6-9-16(18)15(10-13)17(19)20/h4-11,18H,3H2,1-2H3,(H,19,20). The maximum atomic E-state index is 11.1. The molecule has 2 rings (SSSR count). The number of rotatable bonds is 5. The Kier molecular flexibility index (Phi) is 4.48. The molecule has 1 unspecified atom stereocenters. The molecule has 0 aromatic heterocycles. The summed E-state index contributed by atoms with van der Waals surface area (Å²) >= 11 is 0. The van der Waals surface area contributed by atoms with Crippen LogP contribution < -0.4 is 4.74 Å². The fourth-order valence-corrected chi connectivity index (χ4v) is 2.21. The third-order valence-electron chi connectivity index (χ3n) is 3.44. The molecule has 1 atom stereocenters. The number of carbonyl (C=O) groups is 1. The van der Waals surface area contributed by atoms with Gasteiger partial charge < -0.3 is 14.9 Å². The Hall–Kier alpha value is -2.49. The zero-order valence-corrected chi connectivity index (χ0v) is 12.0. The number of phenols is 1. The van der Waals surface area contributed by atoms with Crippen molar-refractivity contribution in [1.82, 2.24) is 0 Å². The van der Waals surface area contributed by atoms with Gasteiger partial charge in [0.2, 0.25) is 0 Å². The van der Waals surface area contributed by atoms with Crippen LogP contribution in [0.2, 0.25) is 0 Å². The Morgan fingerprint density at radius 2 is 1.76 bits per heavy atom. The van der Waals surface area contributed by atoms with E-state index in [0.29, 0.717) is 6.61 Å². The van der Waals surface area contributed by atoms with E-state index in [-0.39, 0.29) is 17.2 Å². The highest BCUT2D eigenvalue weighted by molar-refractivity contribution is 5.91. The van der Waals surface area contributed by atoms with Gasteiger partial charge in [-0.05, 0) is 42.3 Å². The number of hydrogen-bond donors (Lipinski definition) is 2. The Morgan fingerprint density at radius 3 is 2.33 bits per heavy atom. The molecule has 4 nitrogen and oxygen atoms in total. The molecule has 110 valence electrons. The molecule has 0 aliphatic rings. The van der Waals surface area contributed by atoms with Crippen LogP contribution in [0.5, 0.6) is 11.5 Å². The van der Waals surface area contributed by atoms with Gasteiger partial charge in [-0.25, -0.2) is 4.79 Å². The van der Waals surface area contributed by atoms with Gasteiger partial charge in [0.25, 0.3) is 0 Å². The second-order valence-electron chi connectivity index (χ2n) is 4.81. The van der Waals surface area contributed by atoms with Crippen LogP contribution in [-0.2, 0) is 0 Å². The Balaban J connectivity index is 2.29. The number of carboxylic acid groups (broad SMARTS) is 1. The molecule has 0 aliphatic heterocycles. The van der Waals surface area contributed by atoms with Gasteiger partial charge in [-0.1, -0.05) is 25.1 Å². The van der Waals surface area contributed by atoms with Gasteiger partial charge in [0.05, 0.1) is 6.61 Å². The first-order valence-corrected chi connectivity index (χ1v) is 6.82. The molecule has 2 aromatic carbocycles. The minimum Gasteiger partial charge on any atom is -0.507 e. The summed E-state index contributed by atoms with van der Waals surface area (Å²) in [5.74, 6) is -0.511. The summed E-state index contributed by atoms with van der Waals surface area (Å²) in [6, 6.07) is 12.4. The number of carboxylic acids is 1. The minimum absolute atomic E-state index is 0.0272. The van der Waals surface area contributed by atoms with Crippen molar-refractivity contribution in [2.45, 2.75) is 19.8 Å². The van der Waals surface area contributed by atoms with Crippen molar-refractivity contribution in [3.8, 4) is 11.5 Å². The lowest BCUT2D eigenvalue weighted by molar-refractivity contribution is 0.0693. The van der Waals surface area contributed by atoms with Gasteiger partial charge in [-0.2, -0.15) is 0 Å². The first kappa shape index (κ1) is 14.9. The van der Waals surface area contributed by atoms with Crippen LogP contribution in [-0.4, -0.2) is 22.8 Å². The van der Waals surface area contributed by atoms with E-state index < -0.39 is 5.97 Å². The molecular weight excluding hydrogens is 268 g/mol. The molecule has 4 heteroatoms. The van der Waals surface area contributed by atoms with Crippen LogP contribution in [0.3, 0.4) is 0 Å². The van der Waals surface area contributed by atoms with E-state index in [4.69, 9.17) is 9.84 Å². The SMILES string of the molecule is CCOc1ccc(C(C)c2ccc(O)c(C(=O)O)c2)cc1. The number of benzene rings is 2. The zero-order valence-electron chi connectivity index (χ0n) is 12.0. The molecule has 0 spiro atoms. The lowest BCUT2D eigenvalue weighted by atomic mass is 9.92. The average Bonchev–Trinajstić information content (AvgIpc) is 2.48. The van der Waals surface area contributed by atoms with Gasteiger partial charge in [0, 0.05) is 5.92 Å². The van der Waals surface area contributed by atoms with Crippen molar-refractivity contribution in [1.29, 1.82) is 0 Å². The highest BCUT2D eigenvalue weighted by Crippen LogP contribution is 2.29. The number of ether oxygens (including phenoxy) is 1. The lowest BCUT2D eigenvalue weighted by Crippen LogP contribution is -2.02. The molecule has 0 fully saturated rings. The van der Waals surface area contributed by atoms with E-state index in [2.05, 4.69) is 0 Å². The lowest BCUT2D eigenvalue weighted by Gasteiger charge is -2.14. The van der Waals surface area contributed by atoms with E-state index in [0.717, 1.165) is 16.9 Å². The normalized spacial score (nSPS) is 11.9. The quantitative estimate of drug-likeness (QED) is 0.880. The van der Waals surface area contributed by atoms with Crippen LogP contribution in [0.15, 0.2) is 42.5 Å².